The molecule has 73 heavy (non-hydrogen) atoms. The number of esters is 1. The van der Waals surface area contributed by atoms with Crippen molar-refractivity contribution in [2.45, 2.75) is 135 Å². The summed E-state index contributed by atoms with van der Waals surface area (Å²) in [5.41, 5.74) is 3.02. The summed E-state index contributed by atoms with van der Waals surface area (Å²) in [6.07, 6.45) is 2.73. The zero-order chi connectivity index (χ0) is 52.1. The van der Waals surface area contributed by atoms with Crippen molar-refractivity contribution < 1.29 is 52.6 Å². The number of aliphatic hydroxyl groups is 1. The van der Waals surface area contributed by atoms with Crippen molar-refractivity contribution in [3.8, 4) is 11.4 Å². The highest BCUT2D eigenvalue weighted by atomic mass is 19.1. The molecule has 3 aliphatic heterocycles. The molecule has 2 aromatic carbocycles. The Balaban J connectivity index is 0.823. The topological polar surface area (TPSA) is 252 Å². The maximum Gasteiger partial charge on any atom is 0.343 e. The number of amides is 5. The number of aromatic nitrogens is 2. The van der Waals surface area contributed by atoms with Gasteiger partial charge in [0.2, 0.25) is 29.5 Å². The van der Waals surface area contributed by atoms with Crippen molar-refractivity contribution in [1.29, 1.82) is 0 Å². The molecule has 8 rings (SSSR count). The van der Waals surface area contributed by atoms with E-state index in [-0.39, 0.29) is 136 Å². The number of cyclic esters (lactones) is 1. The van der Waals surface area contributed by atoms with E-state index < -0.39 is 34.9 Å². The molecule has 0 bridgehead atoms. The summed E-state index contributed by atoms with van der Waals surface area (Å²) in [6, 6.07) is 10.9. The van der Waals surface area contributed by atoms with Gasteiger partial charge in [-0.2, -0.15) is 0 Å². The van der Waals surface area contributed by atoms with Gasteiger partial charge in [-0.05, 0) is 73.8 Å². The van der Waals surface area contributed by atoms with Crippen molar-refractivity contribution in [3.63, 3.8) is 0 Å². The second kappa shape index (κ2) is 22.4. The molecule has 2 aromatic heterocycles. The smallest absolute Gasteiger partial charge is 0.343 e. The number of rotatable bonds is 23. The Bertz CT molecular complexity index is 2960. The van der Waals surface area contributed by atoms with Crippen LogP contribution in [-0.2, 0) is 74.7 Å². The number of pyridine rings is 2. The van der Waals surface area contributed by atoms with Gasteiger partial charge in [-0.1, -0.05) is 50.6 Å². The van der Waals surface area contributed by atoms with Crippen molar-refractivity contribution in [2.24, 2.45) is 5.92 Å². The molecule has 4 aromatic rings. The number of ether oxygens (including phenoxy) is 1. The number of hydrogen-bond donors (Lipinski definition) is 5. The van der Waals surface area contributed by atoms with Crippen molar-refractivity contribution in [1.82, 2.24) is 35.7 Å². The van der Waals surface area contributed by atoms with Crippen LogP contribution in [-0.4, -0.2) is 98.9 Å². The second-order valence-corrected chi connectivity index (χ2v) is 19.6. The highest BCUT2D eigenvalue weighted by Gasteiger charge is 2.46. The number of Topliss-reactive ketones (excluding diaryl/α,β-unsaturated/α-hetero) is 2. The summed E-state index contributed by atoms with van der Waals surface area (Å²) in [5, 5.41) is 23.9. The summed E-state index contributed by atoms with van der Waals surface area (Å²) in [6.45, 7) is 5.58. The molecule has 5 N–H and O–H groups in total. The summed E-state index contributed by atoms with van der Waals surface area (Å²) in [7, 11) is 0. The number of fused-ring (bicyclic) bond motifs is 5. The van der Waals surface area contributed by atoms with E-state index in [0.29, 0.717) is 67.7 Å². The minimum Gasteiger partial charge on any atom is -0.458 e. The Hall–Kier alpha value is -6.99. The fraction of sp³-hybridized carbons (Fsp3) is 0.481. The van der Waals surface area contributed by atoms with Gasteiger partial charge in [-0.25, -0.2) is 14.2 Å². The highest BCUT2D eigenvalue weighted by Crippen LogP contribution is 2.46. The van der Waals surface area contributed by atoms with Crippen LogP contribution in [0, 0.1) is 18.7 Å². The predicted molar refractivity (Wildman–Crippen MR) is 264 cm³/mol. The Labute approximate surface area is 421 Å². The number of nitrogens with one attached hydrogen (secondary N) is 4. The molecular weight excluding hydrogens is 942 g/mol. The average Bonchev–Trinajstić information content (AvgIpc) is 3.87. The summed E-state index contributed by atoms with van der Waals surface area (Å²) < 4.78 is 22.2. The zero-order valence-corrected chi connectivity index (χ0v) is 41.5. The van der Waals surface area contributed by atoms with Gasteiger partial charge in [0.25, 0.3) is 5.56 Å². The van der Waals surface area contributed by atoms with E-state index in [1.807, 2.05) is 30.3 Å². The molecule has 0 spiro atoms. The molecule has 18 nitrogen and oxygen atoms in total. The molecule has 19 heteroatoms. The van der Waals surface area contributed by atoms with E-state index in [4.69, 9.17) is 9.72 Å². The number of unbranched alkanes of at least 4 members (excludes halogenated alkanes) is 2. The lowest BCUT2D eigenvalue weighted by Gasteiger charge is -2.31. The Kier molecular flexibility index (Phi) is 16.1. The van der Waals surface area contributed by atoms with Gasteiger partial charge in [0.15, 0.2) is 17.2 Å². The standard InChI is InChI=1S/C54H62FN7O11/c1-4-54(72)37-25-42-50-35(28-62(42)52(70)36(37)29-73-53(54)71)49-39(16-15-34-31(3)38(55)26-41(60-50)48(34)49)56-20-21-57-45(66)19-17-43(64)40(24-32-11-7-5-8-12-32)59-46(67)18-14-33(63)27-58-44(65)13-9-6-10-22-61-47(68)23-30(2)51(61)69/h5,7-8,11-12,25-26,30,39-40,56,72H,4,6,9-10,13-24,27-29H2,1-3H3,(H,57,66)(H,58,65)(H,59,67)/t30?,39-,40-,54-/m0/s1. The molecule has 1 fully saturated rings. The lowest BCUT2D eigenvalue weighted by atomic mass is 9.81. The first-order valence-corrected chi connectivity index (χ1v) is 25.3. The molecule has 4 aliphatic rings. The third-order valence-corrected chi connectivity index (χ3v) is 14.7. The van der Waals surface area contributed by atoms with E-state index in [2.05, 4.69) is 21.3 Å². The second-order valence-electron chi connectivity index (χ2n) is 19.6. The van der Waals surface area contributed by atoms with Gasteiger partial charge in [-0.15, -0.1) is 0 Å². The number of hydrogen-bond acceptors (Lipinski definition) is 13. The summed E-state index contributed by atoms with van der Waals surface area (Å²) >= 11 is 0. The van der Waals surface area contributed by atoms with Crippen molar-refractivity contribution >= 4 is 58.0 Å². The Morgan fingerprint density at radius 1 is 0.904 bits per heavy atom. The lowest BCUT2D eigenvalue weighted by molar-refractivity contribution is -0.172. The molecule has 5 heterocycles. The van der Waals surface area contributed by atoms with Crippen LogP contribution in [0.15, 0.2) is 47.3 Å². The predicted octanol–water partition coefficient (Wildman–Crippen LogP) is 3.72. The number of aryl methyl sites for hydroxylation is 1. The molecule has 1 aliphatic carbocycles. The lowest BCUT2D eigenvalue weighted by Crippen LogP contribution is -2.44. The third kappa shape index (κ3) is 11.2. The molecule has 1 unspecified atom stereocenters. The van der Waals surface area contributed by atoms with Crippen LogP contribution in [0.1, 0.15) is 129 Å². The van der Waals surface area contributed by atoms with Gasteiger partial charge in [0.05, 0.1) is 41.6 Å². The number of carbonyl (C=O) groups excluding carboxylic acids is 8. The average molecular weight is 1000 g/mol. The number of benzene rings is 2. The van der Waals surface area contributed by atoms with Crippen LogP contribution in [0.5, 0.6) is 0 Å². The number of likely N-dealkylation sites (tertiary alicyclic amines) is 1. The molecule has 0 saturated carbocycles. The van der Waals surface area contributed by atoms with Crippen LogP contribution >= 0.6 is 0 Å². The van der Waals surface area contributed by atoms with E-state index in [1.165, 1.54) is 11.0 Å². The number of halogens is 1. The van der Waals surface area contributed by atoms with Gasteiger partial charge in [0.1, 0.15) is 12.4 Å². The minimum atomic E-state index is -2.01. The molecule has 386 valence electrons. The van der Waals surface area contributed by atoms with Crippen LogP contribution in [0.4, 0.5) is 4.39 Å². The maximum absolute atomic E-state index is 15.4. The zero-order valence-electron chi connectivity index (χ0n) is 41.5. The van der Waals surface area contributed by atoms with Crippen LogP contribution in [0.2, 0.25) is 0 Å². The number of nitrogens with zero attached hydrogens (tertiary/aromatic N) is 3. The normalized spacial score (nSPS) is 19.0. The van der Waals surface area contributed by atoms with Crippen LogP contribution in [0.3, 0.4) is 0 Å². The van der Waals surface area contributed by atoms with Gasteiger partial charge in [0, 0.05) is 92.7 Å². The molecule has 5 amide bonds. The van der Waals surface area contributed by atoms with Gasteiger partial charge < -0.3 is 35.7 Å². The number of carbonyl (C=O) groups is 8. The largest absolute Gasteiger partial charge is 0.458 e. The van der Waals surface area contributed by atoms with E-state index in [1.54, 1.807) is 31.4 Å². The minimum absolute atomic E-state index is 0.0113. The summed E-state index contributed by atoms with van der Waals surface area (Å²) in [5.74, 6) is -3.83. The van der Waals surface area contributed by atoms with Crippen LogP contribution < -0.4 is 26.8 Å². The van der Waals surface area contributed by atoms with E-state index >= 15 is 4.39 Å². The molecule has 4 atom stereocenters. The van der Waals surface area contributed by atoms with Crippen molar-refractivity contribution in [3.05, 3.63) is 97.6 Å². The Morgan fingerprint density at radius 3 is 2.40 bits per heavy atom. The fourth-order valence-corrected chi connectivity index (χ4v) is 10.5. The monoisotopic (exact) mass is 1000 g/mol. The van der Waals surface area contributed by atoms with E-state index in [0.717, 1.165) is 27.6 Å². The first-order valence-electron chi connectivity index (χ1n) is 25.3. The highest BCUT2D eigenvalue weighted by molar-refractivity contribution is 6.03. The molecule has 1 saturated heterocycles. The SMILES string of the molecule is CC[C@@]1(O)C(=O)OCc2c1cc1n(c2=O)Cc2c-1nc1cc(F)c(C)c3c1c2[C@@H](NCCNC(=O)CCC(=O)[C@H](Cc1ccccc1)NC(=O)CCC(=O)CNC(=O)CCCCCN1C(=O)CC(C)C1=O)CC3. The molecule has 0 radical (unpaired) electrons. The maximum atomic E-state index is 15.4. The van der Waals surface area contributed by atoms with Gasteiger partial charge in [-0.3, -0.25) is 43.3 Å². The molecular formula is C54H62FN7O11. The first kappa shape index (κ1) is 52.3. The van der Waals surface area contributed by atoms with Crippen LogP contribution in [0.25, 0.3) is 22.3 Å². The Morgan fingerprint density at radius 2 is 1.66 bits per heavy atom. The fourth-order valence-electron chi connectivity index (χ4n) is 10.5. The van der Waals surface area contributed by atoms with E-state index in [9.17, 15) is 48.3 Å². The summed E-state index contributed by atoms with van der Waals surface area (Å²) in [4.78, 5) is 122. The van der Waals surface area contributed by atoms with Gasteiger partial charge >= 0.3 is 5.97 Å². The third-order valence-electron chi connectivity index (χ3n) is 14.7. The quantitative estimate of drug-likeness (QED) is 0.0356. The number of ketones is 2. The van der Waals surface area contributed by atoms with Crippen molar-refractivity contribution in [2.75, 3.05) is 26.2 Å². The number of imide groups is 1. The first-order chi connectivity index (χ1) is 35.0.